The zero-order chi connectivity index (χ0) is 17.0. The number of rotatable bonds is 7. The minimum Gasteiger partial charge on any atom is -0.441 e. The fraction of sp³-hybridized carbons (Fsp3) is 0.278. The van der Waals surface area contributed by atoms with Crippen molar-refractivity contribution in [1.29, 1.82) is 0 Å². The third kappa shape index (κ3) is 4.21. The number of sulfonamides is 1. The summed E-state index contributed by atoms with van der Waals surface area (Å²) in [5, 5.41) is 0. The van der Waals surface area contributed by atoms with Crippen LogP contribution in [-0.4, -0.2) is 25.7 Å². The Bertz CT molecular complexity index is 918. The van der Waals surface area contributed by atoms with Gasteiger partial charge in [0.15, 0.2) is 11.5 Å². The van der Waals surface area contributed by atoms with E-state index < -0.39 is 10.0 Å². The lowest BCUT2D eigenvalue weighted by molar-refractivity contribution is 0.523. The summed E-state index contributed by atoms with van der Waals surface area (Å²) in [6, 6.07) is 15.3. The van der Waals surface area contributed by atoms with Gasteiger partial charge in [0.05, 0.1) is 5.75 Å². The first-order valence-electron chi connectivity index (χ1n) is 7.90. The number of fused-ring (bicyclic) bond motifs is 1. The molecule has 1 heterocycles. The maximum atomic E-state index is 12.1. The predicted molar refractivity (Wildman–Crippen MR) is 94.4 cm³/mol. The molecule has 0 saturated carbocycles. The first kappa shape index (κ1) is 16.7. The van der Waals surface area contributed by atoms with Gasteiger partial charge in [-0.1, -0.05) is 42.5 Å². The Labute approximate surface area is 141 Å². The summed E-state index contributed by atoms with van der Waals surface area (Å²) >= 11 is 0. The second kappa shape index (κ2) is 7.15. The summed E-state index contributed by atoms with van der Waals surface area (Å²) in [7, 11) is -3.31. The Morgan fingerprint density at radius 3 is 2.58 bits per heavy atom. The van der Waals surface area contributed by atoms with E-state index >= 15 is 0 Å². The summed E-state index contributed by atoms with van der Waals surface area (Å²) in [4.78, 5) is 4.42. The van der Waals surface area contributed by atoms with Gasteiger partial charge >= 0.3 is 0 Å². The number of hydrogen-bond donors (Lipinski definition) is 1. The number of para-hydroxylation sites is 1. The summed E-state index contributed by atoms with van der Waals surface area (Å²) in [6.45, 7) is 2.25. The molecular formula is C18H20N2O3S. The summed E-state index contributed by atoms with van der Waals surface area (Å²) in [5.41, 5.74) is 3.62. The lowest BCUT2D eigenvalue weighted by atomic mass is 10.2. The maximum absolute atomic E-state index is 12.1. The number of oxazole rings is 1. The van der Waals surface area contributed by atoms with Crippen molar-refractivity contribution >= 4 is 21.1 Å². The molecule has 0 spiro atoms. The van der Waals surface area contributed by atoms with Crippen LogP contribution in [-0.2, 0) is 22.9 Å². The molecule has 1 N–H and O–H groups in total. The van der Waals surface area contributed by atoms with Crippen LogP contribution in [0.2, 0.25) is 0 Å². The molecule has 5 nitrogen and oxygen atoms in total. The fourth-order valence-electron chi connectivity index (χ4n) is 2.52. The number of aromatic nitrogens is 1. The number of nitrogens with one attached hydrogen (secondary N) is 1. The average molecular weight is 344 g/mol. The van der Waals surface area contributed by atoms with Crippen molar-refractivity contribution in [3.8, 4) is 0 Å². The molecule has 0 aliphatic carbocycles. The molecule has 3 rings (SSSR count). The lowest BCUT2D eigenvalue weighted by Gasteiger charge is -2.05. The van der Waals surface area contributed by atoms with Gasteiger partial charge in [0.1, 0.15) is 5.52 Å². The molecule has 0 bridgehead atoms. The van der Waals surface area contributed by atoms with E-state index in [1.165, 1.54) is 0 Å². The highest BCUT2D eigenvalue weighted by Gasteiger charge is 2.12. The third-order valence-electron chi connectivity index (χ3n) is 3.83. The van der Waals surface area contributed by atoms with E-state index in [0.29, 0.717) is 18.7 Å². The maximum Gasteiger partial charge on any atom is 0.211 e. The minimum absolute atomic E-state index is 0.0731. The number of hydrogen-bond acceptors (Lipinski definition) is 4. The molecule has 0 aliphatic rings. The van der Waals surface area contributed by atoms with Crippen LogP contribution in [0.25, 0.3) is 11.1 Å². The minimum atomic E-state index is -3.31. The Kier molecular flexibility index (Phi) is 4.97. The van der Waals surface area contributed by atoms with Gasteiger partial charge in [-0.3, -0.25) is 0 Å². The monoisotopic (exact) mass is 344 g/mol. The molecule has 1 aromatic heterocycles. The first-order valence-corrected chi connectivity index (χ1v) is 9.55. The number of aryl methyl sites for hydroxylation is 2. The van der Waals surface area contributed by atoms with Crippen LogP contribution in [0.3, 0.4) is 0 Å². The van der Waals surface area contributed by atoms with Crippen LogP contribution in [0, 0.1) is 6.92 Å². The van der Waals surface area contributed by atoms with E-state index in [2.05, 4.69) is 9.71 Å². The van der Waals surface area contributed by atoms with E-state index in [1.807, 2.05) is 55.5 Å². The summed E-state index contributed by atoms with van der Waals surface area (Å²) in [6.07, 6.45) is 0.928. The van der Waals surface area contributed by atoms with Crippen molar-refractivity contribution in [2.45, 2.75) is 19.8 Å². The van der Waals surface area contributed by atoms with Gasteiger partial charge in [0.2, 0.25) is 10.0 Å². The van der Waals surface area contributed by atoms with Crippen LogP contribution >= 0.6 is 0 Å². The van der Waals surface area contributed by atoms with Crippen molar-refractivity contribution < 1.29 is 12.8 Å². The quantitative estimate of drug-likeness (QED) is 0.715. The molecule has 0 unspecified atom stereocenters. The summed E-state index contributed by atoms with van der Waals surface area (Å²) in [5.74, 6) is 0.619. The molecule has 24 heavy (non-hydrogen) atoms. The van der Waals surface area contributed by atoms with Gasteiger partial charge in [-0.05, 0) is 30.5 Å². The van der Waals surface area contributed by atoms with Gasteiger partial charge in [-0.15, -0.1) is 0 Å². The topological polar surface area (TPSA) is 72.2 Å². The van der Waals surface area contributed by atoms with Gasteiger partial charge in [0.25, 0.3) is 0 Å². The highest BCUT2D eigenvalue weighted by molar-refractivity contribution is 7.89. The zero-order valence-corrected chi connectivity index (χ0v) is 14.3. The molecule has 2 aromatic carbocycles. The Hall–Kier alpha value is -2.18. The van der Waals surface area contributed by atoms with Crippen LogP contribution in [0.15, 0.2) is 52.9 Å². The normalized spacial score (nSPS) is 11.9. The molecule has 6 heteroatoms. The first-order chi connectivity index (χ1) is 11.5. The molecule has 0 fully saturated rings. The molecular weight excluding hydrogens is 324 g/mol. The van der Waals surface area contributed by atoms with E-state index in [4.69, 9.17) is 4.42 Å². The van der Waals surface area contributed by atoms with Crippen LogP contribution in [0.5, 0.6) is 0 Å². The largest absolute Gasteiger partial charge is 0.441 e. The molecule has 0 amide bonds. The van der Waals surface area contributed by atoms with Gasteiger partial charge in [-0.2, -0.15) is 0 Å². The highest BCUT2D eigenvalue weighted by Crippen LogP contribution is 2.18. The number of nitrogens with zero attached hydrogens (tertiary/aromatic N) is 1. The van der Waals surface area contributed by atoms with E-state index in [0.717, 1.165) is 22.2 Å². The Morgan fingerprint density at radius 1 is 1.04 bits per heavy atom. The zero-order valence-electron chi connectivity index (χ0n) is 13.5. The SMILES string of the molecule is Cc1cccc2oc(CCNS(=O)(=O)CCc3ccccc3)nc12. The molecule has 0 saturated heterocycles. The van der Waals surface area contributed by atoms with Crippen molar-refractivity contribution in [3.05, 3.63) is 65.5 Å². The fourth-order valence-corrected chi connectivity index (χ4v) is 3.58. The molecule has 3 aromatic rings. The Balaban J connectivity index is 1.53. The molecule has 0 radical (unpaired) electrons. The molecule has 0 atom stereocenters. The standard InChI is InChI=1S/C18H20N2O3S/c1-14-6-5-9-16-18(14)20-17(23-16)10-12-19-24(21,22)13-11-15-7-3-2-4-8-15/h2-9,19H,10-13H2,1H3. The van der Waals surface area contributed by atoms with Crippen molar-refractivity contribution in [1.82, 2.24) is 9.71 Å². The molecule has 126 valence electrons. The lowest BCUT2D eigenvalue weighted by Crippen LogP contribution is -2.29. The Morgan fingerprint density at radius 2 is 1.83 bits per heavy atom. The van der Waals surface area contributed by atoms with Gasteiger partial charge in [0, 0.05) is 13.0 Å². The van der Waals surface area contributed by atoms with Crippen molar-refractivity contribution in [2.24, 2.45) is 0 Å². The average Bonchev–Trinajstić information content (AvgIpc) is 2.98. The van der Waals surface area contributed by atoms with Crippen molar-refractivity contribution in [2.75, 3.05) is 12.3 Å². The van der Waals surface area contributed by atoms with E-state index in [9.17, 15) is 8.42 Å². The molecule has 0 aliphatic heterocycles. The van der Waals surface area contributed by atoms with E-state index in [-0.39, 0.29) is 12.3 Å². The number of benzene rings is 2. The highest BCUT2D eigenvalue weighted by atomic mass is 32.2. The smallest absolute Gasteiger partial charge is 0.211 e. The third-order valence-corrected chi connectivity index (χ3v) is 5.21. The summed E-state index contributed by atoms with van der Waals surface area (Å²) < 4.78 is 32.4. The van der Waals surface area contributed by atoms with Gasteiger partial charge < -0.3 is 4.42 Å². The second-order valence-corrected chi connectivity index (χ2v) is 7.65. The van der Waals surface area contributed by atoms with E-state index in [1.54, 1.807) is 0 Å². The van der Waals surface area contributed by atoms with Crippen molar-refractivity contribution in [3.63, 3.8) is 0 Å². The van der Waals surface area contributed by atoms with Crippen LogP contribution < -0.4 is 4.72 Å². The van der Waals surface area contributed by atoms with Gasteiger partial charge in [-0.25, -0.2) is 18.1 Å². The second-order valence-electron chi connectivity index (χ2n) is 5.73. The predicted octanol–water partition coefficient (Wildman–Crippen LogP) is 2.84. The van der Waals surface area contributed by atoms with Crippen LogP contribution in [0.4, 0.5) is 0 Å². The van der Waals surface area contributed by atoms with Crippen LogP contribution in [0.1, 0.15) is 17.0 Å².